The van der Waals surface area contributed by atoms with Gasteiger partial charge in [-0.3, -0.25) is 10.2 Å². The minimum atomic E-state index is -0.229. The third-order valence-corrected chi connectivity index (χ3v) is 2.70. The molecule has 0 unspecified atom stereocenters. The lowest BCUT2D eigenvalue weighted by Crippen LogP contribution is -2.46. The SMILES string of the molecule is C1SS1.CNCC[C@H](NNCC=O)C(C)=O. The van der Waals surface area contributed by atoms with Crippen LogP contribution in [0.4, 0.5) is 0 Å². The van der Waals surface area contributed by atoms with Gasteiger partial charge in [-0.15, -0.1) is 0 Å². The van der Waals surface area contributed by atoms with Crippen LogP contribution in [0.1, 0.15) is 13.3 Å². The molecule has 1 aliphatic rings. The average molecular weight is 265 g/mol. The van der Waals surface area contributed by atoms with Crippen LogP contribution in [0.15, 0.2) is 0 Å². The molecule has 0 aliphatic carbocycles. The monoisotopic (exact) mass is 265 g/mol. The van der Waals surface area contributed by atoms with Crippen LogP contribution in [0, 0.1) is 0 Å². The van der Waals surface area contributed by atoms with Crippen LogP contribution in [-0.2, 0) is 9.59 Å². The van der Waals surface area contributed by atoms with Crippen LogP contribution < -0.4 is 16.2 Å². The fourth-order valence-corrected chi connectivity index (χ4v) is 0.890. The largest absolute Gasteiger partial charge is 0.320 e. The van der Waals surface area contributed by atoms with E-state index >= 15 is 0 Å². The average Bonchev–Trinajstić information content (AvgIpc) is 3.10. The lowest BCUT2D eigenvalue weighted by Gasteiger charge is -2.15. The highest BCUT2D eigenvalue weighted by Crippen LogP contribution is 2.41. The summed E-state index contributed by atoms with van der Waals surface area (Å²) in [5.74, 6) is 0.0636. The molecule has 1 fully saturated rings. The van der Waals surface area contributed by atoms with Crippen molar-refractivity contribution >= 4 is 33.7 Å². The Morgan fingerprint density at radius 2 is 2.12 bits per heavy atom. The Morgan fingerprint density at radius 1 is 1.50 bits per heavy atom. The molecular weight excluding hydrogens is 246 g/mol. The molecule has 1 rings (SSSR count). The predicted octanol–water partition coefficient (Wildman–Crippen LogP) is 0.185. The van der Waals surface area contributed by atoms with Gasteiger partial charge in [0, 0.05) is 0 Å². The van der Waals surface area contributed by atoms with Crippen molar-refractivity contribution in [1.29, 1.82) is 0 Å². The topological polar surface area (TPSA) is 70.2 Å². The fourth-order valence-electron chi connectivity index (χ4n) is 0.890. The Hall–Kier alpha value is -0.0800. The highest BCUT2D eigenvalue weighted by atomic mass is 33.2. The van der Waals surface area contributed by atoms with Crippen molar-refractivity contribution in [3.05, 3.63) is 0 Å². The summed E-state index contributed by atoms with van der Waals surface area (Å²) in [7, 11) is 5.66. The van der Waals surface area contributed by atoms with Crippen LogP contribution in [0.25, 0.3) is 0 Å². The molecule has 0 aromatic heterocycles. The second-order valence-electron chi connectivity index (χ2n) is 3.10. The third kappa shape index (κ3) is 12.0. The van der Waals surface area contributed by atoms with E-state index in [1.54, 1.807) is 0 Å². The van der Waals surface area contributed by atoms with Crippen molar-refractivity contribution in [1.82, 2.24) is 16.2 Å². The summed E-state index contributed by atoms with van der Waals surface area (Å²) in [6.07, 6.45) is 1.44. The van der Waals surface area contributed by atoms with Gasteiger partial charge in [-0.25, -0.2) is 5.43 Å². The molecule has 0 aromatic carbocycles. The Bertz CT molecular complexity index is 200. The van der Waals surface area contributed by atoms with E-state index < -0.39 is 0 Å². The summed E-state index contributed by atoms with van der Waals surface area (Å²) in [4.78, 5) is 21.0. The van der Waals surface area contributed by atoms with Crippen LogP contribution in [0.2, 0.25) is 0 Å². The van der Waals surface area contributed by atoms with Crippen molar-refractivity contribution in [2.24, 2.45) is 0 Å². The van der Waals surface area contributed by atoms with E-state index in [0.29, 0.717) is 6.42 Å². The van der Waals surface area contributed by atoms with Crippen LogP contribution in [-0.4, -0.2) is 43.3 Å². The van der Waals surface area contributed by atoms with Gasteiger partial charge in [0.1, 0.15) is 12.1 Å². The molecule has 1 saturated heterocycles. The second kappa shape index (κ2) is 11.4. The maximum absolute atomic E-state index is 11.0. The predicted molar refractivity (Wildman–Crippen MR) is 70.3 cm³/mol. The molecule has 1 heterocycles. The number of carbonyl (C=O) groups excluding carboxylic acids is 2. The van der Waals surface area contributed by atoms with Crippen molar-refractivity contribution < 1.29 is 9.59 Å². The van der Waals surface area contributed by atoms with Crippen LogP contribution >= 0.6 is 21.6 Å². The maximum atomic E-state index is 11.0. The summed E-state index contributed by atoms with van der Waals surface area (Å²) < 4.78 is 0. The minimum absolute atomic E-state index is 0.0636. The van der Waals surface area contributed by atoms with Crippen molar-refractivity contribution in [2.75, 3.05) is 25.2 Å². The Kier molecular flexibility index (Phi) is 11.3. The first-order valence-corrected chi connectivity index (χ1v) is 7.52. The Balaban J connectivity index is 0.000000635. The molecule has 16 heavy (non-hydrogen) atoms. The van der Waals surface area contributed by atoms with Gasteiger partial charge in [0.05, 0.1) is 17.7 Å². The van der Waals surface area contributed by atoms with Crippen LogP contribution in [0.5, 0.6) is 0 Å². The molecule has 5 nitrogen and oxygen atoms in total. The zero-order chi connectivity index (χ0) is 12.2. The van der Waals surface area contributed by atoms with E-state index in [-0.39, 0.29) is 18.4 Å². The molecule has 0 saturated carbocycles. The van der Waals surface area contributed by atoms with E-state index in [1.165, 1.54) is 12.0 Å². The van der Waals surface area contributed by atoms with Crippen molar-refractivity contribution in [2.45, 2.75) is 19.4 Å². The van der Waals surface area contributed by atoms with E-state index in [1.807, 2.05) is 28.6 Å². The van der Waals surface area contributed by atoms with Gasteiger partial charge in [0.2, 0.25) is 0 Å². The highest BCUT2D eigenvalue weighted by molar-refractivity contribution is 8.92. The first-order valence-electron chi connectivity index (χ1n) is 5.03. The number of hydrogen-bond acceptors (Lipinski definition) is 7. The molecule has 7 heteroatoms. The number of nitrogens with one attached hydrogen (secondary N) is 3. The van der Waals surface area contributed by atoms with E-state index in [0.717, 1.165) is 12.8 Å². The quantitative estimate of drug-likeness (QED) is 0.190. The first kappa shape index (κ1) is 15.9. The lowest BCUT2D eigenvalue weighted by atomic mass is 10.1. The van der Waals surface area contributed by atoms with Gasteiger partial charge in [-0.1, -0.05) is 21.6 Å². The van der Waals surface area contributed by atoms with Crippen molar-refractivity contribution in [3.8, 4) is 0 Å². The van der Waals surface area contributed by atoms with Crippen molar-refractivity contribution in [3.63, 3.8) is 0 Å². The van der Waals surface area contributed by atoms with Gasteiger partial charge in [0.15, 0.2) is 0 Å². The molecule has 0 spiro atoms. The zero-order valence-electron chi connectivity index (χ0n) is 9.62. The molecule has 0 aromatic rings. The summed E-state index contributed by atoms with van der Waals surface area (Å²) >= 11 is 0. The molecule has 0 bridgehead atoms. The normalized spacial score (nSPS) is 14.6. The van der Waals surface area contributed by atoms with Gasteiger partial charge in [0.25, 0.3) is 0 Å². The number of ketones is 1. The summed E-state index contributed by atoms with van der Waals surface area (Å²) in [5.41, 5.74) is 5.44. The fraction of sp³-hybridized carbons (Fsp3) is 0.778. The highest BCUT2D eigenvalue weighted by Gasteiger charge is 2.11. The number of Topliss-reactive ketones (excluding diaryl/α,β-unsaturated/α-hetero) is 1. The Labute approximate surface area is 104 Å². The number of carbonyl (C=O) groups is 2. The van der Waals surface area contributed by atoms with Gasteiger partial charge >= 0.3 is 0 Å². The first-order chi connectivity index (χ1) is 7.72. The molecule has 1 atom stereocenters. The summed E-state index contributed by atoms with van der Waals surface area (Å²) in [6.45, 7) is 2.50. The lowest BCUT2D eigenvalue weighted by molar-refractivity contribution is -0.119. The number of hydrazine groups is 1. The molecule has 0 radical (unpaired) electrons. The third-order valence-electron chi connectivity index (χ3n) is 1.75. The standard InChI is InChI=1S/C8H17N3O2.CH2S2/c1-7(13)8(3-4-9-2)11-10-5-6-12;1-2-3-1/h6,8-11H,3-5H2,1-2H3;1H2/t8-;/m0./s1. The maximum Gasteiger partial charge on any atom is 0.148 e. The van der Waals surface area contributed by atoms with Gasteiger partial charge < -0.3 is 10.1 Å². The van der Waals surface area contributed by atoms with Gasteiger partial charge in [-0.05, 0) is 26.9 Å². The van der Waals surface area contributed by atoms with Crippen LogP contribution in [0.3, 0.4) is 0 Å². The number of aldehydes is 1. The Morgan fingerprint density at radius 3 is 2.50 bits per heavy atom. The molecule has 1 aliphatic heterocycles. The zero-order valence-corrected chi connectivity index (χ0v) is 11.2. The number of hydrogen-bond donors (Lipinski definition) is 3. The molecule has 0 amide bonds. The number of rotatable bonds is 8. The van der Waals surface area contributed by atoms with Gasteiger partial charge in [-0.2, -0.15) is 0 Å². The van der Waals surface area contributed by atoms with E-state index in [9.17, 15) is 9.59 Å². The summed E-state index contributed by atoms with van der Waals surface area (Å²) in [6, 6.07) is -0.229. The molecule has 94 valence electrons. The van der Waals surface area contributed by atoms with E-state index in [4.69, 9.17) is 0 Å². The minimum Gasteiger partial charge on any atom is -0.320 e. The molecule has 3 N–H and O–H groups in total. The summed E-state index contributed by atoms with van der Waals surface area (Å²) in [5, 5.41) is 4.29. The molecular formula is C9H19N3O2S2. The second-order valence-corrected chi connectivity index (χ2v) is 5.93. The van der Waals surface area contributed by atoms with E-state index in [2.05, 4.69) is 16.2 Å². The smallest absolute Gasteiger partial charge is 0.148 e.